The average Bonchev–Trinajstić information content (AvgIpc) is 2.50. The number of aliphatic carboxylic acids is 1. The zero-order chi connectivity index (χ0) is 21.1. The van der Waals surface area contributed by atoms with Gasteiger partial charge in [-0.3, -0.25) is 0 Å². The van der Waals surface area contributed by atoms with E-state index in [2.05, 4.69) is 10.6 Å². The third-order valence-corrected chi connectivity index (χ3v) is 3.66. The Kier molecular flexibility index (Phi) is 10.8. The molecule has 3 amide bonds. The average molecular weight is 389 g/mol. The molecule has 0 aromatic heterocycles. The van der Waals surface area contributed by atoms with Gasteiger partial charge in [0.1, 0.15) is 11.1 Å². The van der Waals surface area contributed by atoms with Crippen molar-refractivity contribution in [3.63, 3.8) is 0 Å². The molecule has 9 nitrogen and oxygen atoms in total. The molecule has 0 saturated heterocycles. The zero-order valence-corrected chi connectivity index (χ0v) is 17.3. The van der Waals surface area contributed by atoms with Crippen LogP contribution in [0.2, 0.25) is 0 Å². The van der Waals surface area contributed by atoms with Gasteiger partial charge in [-0.2, -0.15) is 0 Å². The van der Waals surface area contributed by atoms with Gasteiger partial charge in [-0.1, -0.05) is 12.8 Å². The highest BCUT2D eigenvalue weighted by atomic mass is 16.6. The van der Waals surface area contributed by atoms with E-state index in [9.17, 15) is 14.4 Å². The number of carboxylic acids is 1. The largest absolute Gasteiger partial charge is 0.480 e. The fraction of sp³-hybridized carbons (Fsp3) is 0.833. The molecule has 0 fully saturated rings. The Morgan fingerprint density at radius 2 is 1.59 bits per heavy atom. The lowest BCUT2D eigenvalue weighted by Crippen LogP contribution is -2.54. The summed E-state index contributed by atoms with van der Waals surface area (Å²) in [5, 5.41) is 14.0. The lowest BCUT2D eigenvalue weighted by Gasteiger charge is -2.28. The maximum atomic E-state index is 12.4. The van der Waals surface area contributed by atoms with Crippen molar-refractivity contribution < 1.29 is 24.2 Å². The van der Waals surface area contributed by atoms with Crippen molar-refractivity contribution in [3.05, 3.63) is 0 Å². The van der Waals surface area contributed by atoms with Crippen LogP contribution in [0.1, 0.15) is 60.3 Å². The Morgan fingerprint density at radius 3 is 2.11 bits per heavy atom. The first kappa shape index (κ1) is 25.0. The van der Waals surface area contributed by atoms with Gasteiger partial charge in [0.2, 0.25) is 0 Å². The smallest absolute Gasteiger partial charge is 0.410 e. The number of nitrogens with one attached hydrogen (secondary N) is 2. The molecule has 0 heterocycles. The molecule has 0 unspecified atom stereocenters. The lowest BCUT2D eigenvalue weighted by atomic mass is 10.1. The van der Waals surface area contributed by atoms with Gasteiger partial charge in [-0.05, 0) is 54.0 Å². The number of unbranched alkanes of at least 4 members (excludes halogenated alkanes) is 3. The van der Waals surface area contributed by atoms with E-state index in [0.29, 0.717) is 13.1 Å². The normalized spacial score (nSPS) is 11.6. The van der Waals surface area contributed by atoms with Crippen LogP contribution in [0.4, 0.5) is 9.59 Å². The maximum absolute atomic E-state index is 12.4. The topological polar surface area (TPSA) is 134 Å². The van der Waals surface area contributed by atoms with E-state index in [0.717, 1.165) is 25.7 Å². The summed E-state index contributed by atoms with van der Waals surface area (Å²) in [5.74, 6) is -1.13. The first-order valence-corrected chi connectivity index (χ1v) is 9.36. The van der Waals surface area contributed by atoms with Crippen LogP contribution in [0.3, 0.4) is 0 Å². The van der Waals surface area contributed by atoms with Gasteiger partial charge in [-0.25, -0.2) is 14.4 Å². The highest BCUT2D eigenvalue weighted by Crippen LogP contribution is 2.11. The van der Waals surface area contributed by atoms with Gasteiger partial charge < -0.3 is 31.1 Å². The summed E-state index contributed by atoms with van der Waals surface area (Å²) in [7, 11) is 0. The number of carbonyl (C=O) groups is 3. The van der Waals surface area contributed by atoms with Gasteiger partial charge in [0.25, 0.3) is 0 Å². The van der Waals surface area contributed by atoms with Crippen LogP contribution in [0.25, 0.3) is 0 Å². The molecule has 0 bridgehead atoms. The van der Waals surface area contributed by atoms with E-state index >= 15 is 0 Å². The maximum Gasteiger partial charge on any atom is 0.410 e. The molecule has 0 spiro atoms. The summed E-state index contributed by atoms with van der Waals surface area (Å²) in [6, 6.07) is -0.602. The Balaban J connectivity index is 4.54. The molecule has 9 heteroatoms. The summed E-state index contributed by atoms with van der Waals surface area (Å²) in [4.78, 5) is 36.8. The van der Waals surface area contributed by atoms with E-state index in [4.69, 9.17) is 15.6 Å². The molecule has 0 aromatic rings. The number of ether oxygens (including phenoxy) is 1. The quantitative estimate of drug-likeness (QED) is 0.399. The molecule has 158 valence electrons. The Morgan fingerprint density at radius 1 is 1.00 bits per heavy atom. The Bertz CT molecular complexity index is 489. The third-order valence-electron chi connectivity index (χ3n) is 3.66. The van der Waals surface area contributed by atoms with Crippen LogP contribution in [0.15, 0.2) is 0 Å². The molecular formula is C18H36N4O5. The number of carboxylic acid groups (broad SMARTS) is 1. The van der Waals surface area contributed by atoms with Crippen molar-refractivity contribution >= 4 is 18.1 Å². The molecule has 0 aromatic carbocycles. The Hall–Kier alpha value is -2.03. The van der Waals surface area contributed by atoms with Crippen LogP contribution >= 0.6 is 0 Å². The number of rotatable bonds is 11. The van der Waals surface area contributed by atoms with Crippen molar-refractivity contribution in [2.45, 2.75) is 71.4 Å². The van der Waals surface area contributed by atoms with Gasteiger partial charge in [-0.15, -0.1) is 0 Å². The van der Waals surface area contributed by atoms with E-state index in [-0.39, 0.29) is 13.1 Å². The Labute approximate surface area is 162 Å². The van der Waals surface area contributed by atoms with Crippen molar-refractivity contribution in [1.29, 1.82) is 0 Å². The third kappa shape index (κ3) is 12.1. The van der Waals surface area contributed by atoms with Crippen LogP contribution in [-0.2, 0) is 9.53 Å². The van der Waals surface area contributed by atoms with Crippen molar-refractivity contribution in [2.24, 2.45) is 5.73 Å². The SMILES string of the molecule is CC(C)(C)OC(=O)N(CCCCCCN)CCNC(=O)NC(C)(C)C(=O)O. The molecule has 0 rings (SSSR count). The number of nitrogens with zero attached hydrogens (tertiary/aromatic N) is 1. The summed E-state index contributed by atoms with van der Waals surface area (Å²) < 4.78 is 5.41. The minimum Gasteiger partial charge on any atom is -0.480 e. The van der Waals surface area contributed by atoms with Crippen molar-refractivity contribution in [1.82, 2.24) is 15.5 Å². The number of hydrogen-bond donors (Lipinski definition) is 4. The molecule has 0 aliphatic rings. The van der Waals surface area contributed by atoms with Crippen LogP contribution in [0, 0.1) is 0 Å². The lowest BCUT2D eigenvalue weighted by molar-refractivity contribution is -0.142. The molecular weight excluding hydrogens is 352 g/mol. The fourth-order valence-corrected chi connectivity index (χ4v) is 2.11. The number of amides is 3. The second-order valence-corrected chi connectivity index (χ2v) is 7.98. The predicted molar refractivity (Wildman–Crippen MR) is 104 cm³/mol. The number of carbonyl (C=O) groups excluding carboxylic acids is 2. The first-order chi connectivity index (χ1) is 12.4. The monoisotopic (exact) mass is 388 g/mol. The van der Waals surface area contributed by atoms with E-state index < -0.39 is 29.2 Å². The van der Waals surface area contributed by atoms with E-state index in [1.165, 1.54) is 13.8 Å². The minimum atomic E-state index is -1.38. The molecule has 0 aliphatic heterocycles. The minimum absolute atomic E-state index is 0.184. The van der Waals surface area contributed by atoms with E-state index in [1.54, 1.807) is 25.7 Å². The molecule has 0 atom stereocenters. The first-order valence-electron chi connectivity index (χ1n) is 9.36. The number of hydrogen-bond acceptors (Lipinski definition) is 5. The predicted octanol–water partition coefficient (Wildman–Crippen LogP) is 1.91. The van der Waals surface area contributed by atoms with Crippen LogP contribution in [-0.4, -0.2) is 65.4 Å². The van der Waals surface area contributed by atoms with Crippen molar-refractivity contribution in [2.75, 3.05) is 26.2 Å². The van der Waals surface area contributed by atoms with Gasteiger partial charge in [0.15, 0.2) is 0 Å². The van der Waals surface area contributed by atoms with Crippen molar-refractivity contribution in [3.8, 4) is 0 Å². The summed E-state index contributed by atoms with van der Waals surface area (Å²) in [5.41, 5.74) is 3.49. The zero-order valence-electron chi connectivity index (χ0n) is 17.3. The van der Waals surface area contributed by atoms with E-state index in [1.807, 2.05) is 0 Å². The molecule has 5 N–H and O–H groups in total. The van der Waals surface area contributed by atoms with Crippen LogP contribution < -0.4 is 16.4 Å². The number of urea groups is 1. The summed E-state index contributed by atoms with van der Waals surface area (Å²) in [6.07, 6.45) is 3.29. The molecule has 0 radical (unpaired) electrons. The van der Waals surface area contributed by atoms with Gasteiger partial charge in [0.05, 0.1) is 0 Å². The summed E-state index contributed by atoms with van der Waals surface area (Å²) >= 11 is 0. The van der Waals surface area contributed by atoms with Crippen LogP contribution in [0.5, 0.6) is 0 Å². The highest BCUT2D eigenvalue weighted by Gasteiger charge is 2.29. The number of nitrogens with two attached hydrogens (primary N) is 1. The standard InChI is InChI=1S/C18H36N4O5/c1-17(2,3)27-16(26)22(12-9-7-6-8-10-19)13-11-20-15(25)21-18(4,5)14(23)24/h6-13,19H2,1-5H3,(H,23,24)(H2,20,21,25). The summed E-state index contributed by atoms with van der Waals surface area (Å²) in [6.45, 7) is 9.80. The molecule has 0 aliphatic carbocycles. The molecule has 27 heavy (non-hydrogen) atoms. The van der Waals surface area contributed by atoms with Gasteiger partial charge in [0, 0.05) is 19.6 Å². The fourth-order valence-electron chi connectivity index (χ4n) is 2.11. The second kappa shape index (κ2) is 11.6. The van der Waals surface area contributed by atoms with Gasteiger partial charge >= 0.3 is 18.1 Å². The second-order valence-electron chi connectivity index (χ2n) is 7.98. The molecule has 0 saturated carbocycles. The highest BCUT2D eigenvalue weighted by molar-refractivity contribution is 5.85.